The Hall–Kier alpha value is -2.99. The largest absolute Gasteiger partial charge is 0.495 e. The van der Waals surface area contributed by atoms with Crippen LogP contribution in [0.25, 0.3) is 6.08 Å². The quantitative estimate of drug-likeness (QED) is 0.695. The van der Waals surface area contributed by atoms with Gasteiger partial charge in [-0.25, -0.2) is 0 Å². The zero-order chi connectivity index (χ0) is 15.6. The lowest BCUT2D eigenvalue weighted by Crippen LogP contribution is -2.20. The number of ether oxygens (including phenoxy) is 1. The molecule has 2 aromatic rings. The minimum absolute atomic E-state index is 0.168. The van der Waals surface area contributed by atoms with Crippen molar-refractivity contribution >= 4 is 12.0 Å². The van der Waals surface area contributed by atoms with Crippen LogP contribution in [0.1, 0.15) is 11.1 Å². The van der Waals surface area contributed by atoms with E-state index in [2.05, 4.69) is 17.2 Å². The summed E-state index contributed by atoms with van der Waals surface area (Å²) in [4.78, 5) is 11.7. The standard InChI is InChI=1S/C19H17NO2/c1-22-18-12-6-5-10-17(18)11-7-15-20-19(21)14-13-16-8-3-2-4-9-16/h2-6,8-10,12-14H,15H2,1H3,(H,20,21)/b14-13+. The molecule has 0 heterocycles. The Kier molecular flexibility index (Phi) is 5.83. The molecule has 0 radical (unpaired) electrons. The zero-order valence-electron chi connectivity index (χ0n) is 12.4. The summed E-state index contributed by atoms with van der Waals surface area (Å²) in [6.07, 6.45) is 3.27. The third kappa shape index (κ3) is 4.84. The monoisotopic (exact) mass is 291 g/mol. The second kappa shape index (κ2) is 8.33. The summed E-state index contributed by atoms with van der Waals surface area (Å²) in [6.45, 7) is 0.288. The fraction of sp³-hybridized carbons (Fsp3) is 0.105. The predicted molar refractivity (Wildman–Crippen MR) is 88.4 cm³/mol. The Balaban J connectivity index is 1.85. The lowest BCUT2D eigenvalue weighted by atomic mass is 10.2. The first-order valence-corrected chi connectivity index (χ1v) is 6.92. The van der Waals surface area contributed by atoms with Crippen LogP contribution in [0.3, 0.4) is 0 Å². The van der Waals surface area contributed by atoms with Gasteiger partial charge in [0.05, 0.1) is 19.2 Å². The van der Waals surface area contributed by atoms with Crippen LogP contribution in [-0.4, -0.2) is 19.6 Å². The lowest BCUT2D eigenvalue weighted by Gasteiger charge is -2.01. The van der Waals surface area contributed by atoms with E-state index in [9.17, 15) is 4.79 Å². The minimum atomic E-state index is -0.168. The van der Waals surface area contributed by atoms with Crippen molar-refractivity contribution in [1.29, 1.82) is 0 Å². The Bertz CT molecular complexity index is 709. The molecule has 0 atom stereocenters. The molecule has 22 heavy (non-hydrogen) atoms. The van der Waals surface area contributed by atoms with Gasteiger partial charge < -0.3 is 10.1 Å². The molecule has 0 aliphatic heterocycles. The summed E-state index contributed by atoms with van der Waals surface area (Å²) in [5.41, 5.74) is 1.79. The van der Waals surface area contributed by atoms with Crippen molar-refractivity contribution in [2.24, 2.45) is 0 Å². The maximum Gasteiger partial charge on any atom is 0.244 e. The van der Waals surface area contributed by atoms with Crippen molar-refractivity contribution in [2.75, 3.05) is 13.7 Å². The van der Waals surface area contributed by atoms with E-state index >= 15 is 0 Å². The molecule has 0 unspecified atom stereocenters. The van der Waals surface area contributed by atoms with Crippen LogP contribution >= 0.6 is 0 Å². The molecule has 3 heteroatoms. The van der Waals surface area contributed by atoms with Gasteiger partial charge in [0, 0.05) is 6.08 Å². The van der Waals surface area contributed by atoms with E-state index in [1.165, 1.54) is 6.08 Å². The fourth-order valence-corrected chi connectivity index (χ4v) is 1.81. The molecule has 0 fully saturated rings. The molecular weight excluding hydrogens is 274 g/mol. The molecule has 0 aliphatic rings. The molecule has 0 aliphatic carbocycles. The number of carbonyl (C=O) groups is 1. The molecule has 0 saturated heterocycles. The topological polar surface area (TPSA) is 38.3 Å². The number of hydrogen-bond donors (Lipinski definition) is 1. The summed E-state index contributed by atoms with van der Waals surface area (Å²) < 4.78 is 5.21. The molecule has 3 nitrogen and oxygen atoms in total. The minimum Gasteiger partial charge on any atom is -0.495 e. The van der Waals surface area contributed by atoms with Gasteiger partial charge in [-0.15, -0.1) is 0 Å². The number of amides is 1. The zero-order valence-corrected chi connectivity index (χ0v) is 12.4. The van der Waals surface area contributed by atoms with Crippen molar-refractivity contribution in [1.82, 2.24) is 5.32 Å². The molecule has 2 rings (SSSR count). The highest BCUT2D eigenvalue weighted by molar-refractivity contribution is 5.91. The van der Waals surface area contributed by atoms with Gasteiger partial charge in [0.25, 0.3) is 0 Å². The molecular formula is C19H17NO2. The number of methoxy groups -OCH3 is 1. The van der Waals surface area contributed by atoms with Gasteiger partial charge in [-0.1, -0.05) is 54.3 Å². The van der Waals surface area contributed by atoms with E-state index in [0.29, 0.717) is 0 Å². The van der Waals surface area contributed by atoms with Gasteiger partial charge in [-0.3, -0.25) is 4.79 Å². The summed E-state index contributed by atoms with van der Waals surface area (Å²) in [7, 11) is 1.61. The number of hydrogen-bond acceptors (Lipinski definition) is 2. The van der Waals surface area contributed by atoms with Crippen LogP contribution in [0.15, 0.2) is 60.7 Å². The van der Waals surface area contributed by atoms with Crippen LogP contribution < -0.4 is 10.1 Å². The van der Waals surface area contributed by atoms with Crippen molar-refractivity contribution in [3.05, 3.63) is 71.8 Å². The summed E-state index contributed by atoms with van der Waals surface area (Å²) in [5, 5.41) is 2.72. The van der Waals surface area contributed by atoms with Crippen LogP contribution in [-0.2, 0) is 4.79 Å². The summed E-state index contributed by atoms with van der Waals surface area (Å²) >= 11 is 0. The smallest absolute Gasteiger partial charge is 0.244 e. The van der Waals surface area contributed by atoms with Crippen molar-refractivity contribution in [2.45, 2.75) is 0 Å². The van der Waals surface area contributed by atoms with Crippen LogP contribution in [0.4, 0.5) is 0 Å². The van der Waals surface area contributed by atoms with E-state index in [4.69, 9.17) is 4.74 Å². The van der Waals surface area contributed by atoms with Gasteiger partial charge in [-0.05, 0) is 23.8 Å². The Morgan fingerprint density at radius 3 is 2.64 bits per heavy atom. The maximum absolute atomic E-state index is 11.7. The molecule has 1 N–H and O–H groups in total. The first kappa shape index (κ1) is 15.4. The van der Waals surface area contributed by atoms with E-state index in [0.717, 1.165) is 16.9 Å². The van der Waals surface area contributed by atoms with E-state index < -0.39 is 0 Å². The van der Waals surface area contributed by atoms with Crippen LogP contribution in [0.2, 0.25) is 0 Å². The van der Waals surface area contributed by atoms with Crippen molar-refractivity contribution < 1.29 is 9.53 Å². The Labute approximate surface area is 130 Å². The Morgan fingerprint density at radius 2 is 1.86 bits per heavy atom. The fourth-order valence-electron chi connectivity index (χ4n) is 1.81. The van der Waals surface area contributed by atoms with Crippen LogP contribution in [0, 0.1) is 11.8 Å². The molecule has 0 bridgehead atoms. The van der Waals surface area contributed by atoms with Crippen LogP contribution in [0.5, 0.6) is 5.75 Å². The average molecular weight is 291 g/mol. The number of rotatable bonds is 4. The molecule has 0 saturated carbocycles. The van der Waals surface area contributed by atoms with Crippen molar-refractivity contribution in [3.8, 4) is 17.6 Å². The lowest BCUT2D eigenvalue weighted by molar-refractivity contribution is -0.116. The highest BCUT2D eigenvalue weighted by atomic mass is 16.5. The Morgan fingerprint density at radius 1 is 1.14 bits per heavy atom. The summed E-state index contributed by atoms with van der Waals surface area (Å²) in [5.74, 6) is 6.45. The normalized spacial score (nSPS) is 9.86. The molecule has 110 valence electrons. The van der Waals surface area contributed by atoms with E-state index in [1.54, 1.807) is 13.2 Å². The van der Waals surface area contributed by atoms with E-state index in [-0.39, 0.29) is 12.5 Å². The number of benzene rings is 2. The maximum atomic E-state index is 11.7. The summed E-state index contributed by atoms with van der Waals surface area (Å²) in [6, 6.07) is 17.2. The molecule has 2 aromatic carbocycles. The first-order chi connectivity index (χ1) is 10.8. The van der Waals surface area contributed by atoms with Crippen molar-refractivity contribution in [3.63, 3.8) is 0 Å². The predicted octanol–water partition coefficient (Wildman–Crippen LogP) is 2.88. The average Bonchev–Trinajstić information content (AvgIpc) is 2.58. The van der Waals surface area contributed by atoms with E-state index in [1.807, 2.05) is 54.6 Å². The van der Waals surface area contributed by atoms with Gasteiger partial charge in [0.15, 0.2) is 0 Å². The highest BCUT2D eigenvalue weighted by Gasteiger charge is 1.96. The third-order valence-electron chi connectivity index (χ3n) is 2.91. The highest BCUT2D eigenvalue weighted by Crippen LogP contribution is 2.15. The third-order valence-corrected chi connectivity index (χ3v) is 2.91. The molecule has 1 amide bonds. The SMILES string of the molecule is COc1ccccc1C#CCNC(=O)/C=C/c1ccccc1. The molecule has 0 spiro atoms. The second-order valence-corrected chi connectivity index (χ2v) is 4.46. The number of carbonyl (C=O) groups excluding carboxylic acids is 1. The molecule has 0 aromatic heterocycles. The second-order valence-electron chi connectivity index (χ2n) is 4.46. The van der Waals surface area contributed by atoms with Gasteiger partial charge in [0.1, 0.15) is 5.75 Å². The number of nitrogens with one attached hydrogen (secondary N) is 1. The van der Waals surface area contributed by atoms with Gasteiger partial charge in [-0.2, -0.15) is 0 Å². The number of para-hydroxylation sites is 1. The van der Waals surface area contributed by atoms with Gasteiger partial charge >= 0.3 is 0 Å². The first-order valence-electron chi connectivity index (χ1n) is 6.92. The van der Waals surface area contributed by atoms with Gasteiger partial charge in [0.2, 0.25) is 5.91 Å².